The molecule has 158 valence electrons. The lowest BCUT2D eigenvalue weighted by Gasteiger charge is -2.24. The average molecular weight is 425 g/mol. The van der Waals surface area contributed by atoms with Crippen LogP contribution in [0.4, 0.5) is 0 Å². The highest BCUT2D eigenvalue weighted by molar-refractivity contribution is 6.03. The fourth-order valence-electron chi connectivity index (χ4n) is 5.31. The van der Waals surface area contributed by atoms with Crippen molar-refractivity contribution in [2.24, 2.45) is 7.05 Å². The molecule has 1 heterocycles. The van der Waals surface area contributed by atoms with Crippen LogP contribution in [0.3, 0.4) is 0 Å². The first-order chi connectivity index (χ1) is 16.1. The number of benzene rings is 4. The monoisotopic (exact) mass is 424 g/mol. The molecule has 0 radical (unpaired) electrons. The highest BCUT2D eigenvalue weighted by Crippen LogP contribution is 2.48. The zero-order chi connectivity index (χ0) is 22.5. The van der Waals surface area contributed by atoms with E-state index in [9.17, 15) is 0 Å². The number of hydrogen-bond acceptors (Lipinski definition) is 0. The van der Waals surface area contributed by atoms with Crippen molar-refractivity contribution in [3.05, 3.63) is 114 Å². The fourth-order valence-corrected chi connectivity index (χ4v) is 5.31. The summed E-state index contributed by atoms with van der Waals surface area (Å²) in [5.74, 6) is 0. The van der Waals surface area contributed by atoms with Gasteiger partial charge >= 0.3 is 0 Å². The topological polar surface area (TPSA) is 3.88 Å². The van der Waals surface area contributed by atoms with E-state index in [0.29, 0.717) is 0 Å². The van der Waals surface area contributed by atoms with Crippen LogP contribution in [0.1, 0.15) is 11.1 Å². The van der Waals surface area contributed by atoms with E-state index in [1.165, 1.54) is 66.9 Å². The van der Waals surface area contributed by atoms with Crippen molar-refractivity contribution in [2.75, 3.05) is 0 Å². The largest absolute Gasteiger partial charge is 0.212 e. The molecule has 6 rings (SSSR count). The lowest BCUT2D eigenvalue weighted by atomic mass is 9.79. The number of pyridine rings is 1. The van der Waals surface area contributed by atoms with Gasteiger partial charge in [-0.15, -0.1) is 0 Å². The van der Waals surface area contributed by atoms with Crippen LogP contribution in [0, 0.1) is 13.8 Å². The van der Waals surface area contributed by atoms with Gasteiger partial charge in [-0.25, -0.2) is 4.57 Å². The Balaban J connectivity index is 1.74. The summed E-state index contributed by atoms with van der Waals surface area (Å²) in [6.45, 7) is 4.37. The van der Waals surface area contributed by atoms with Crippen LogP contribution in [-0.2, 0) is 7.05 Å². The SMILES string of the molecule is Cc1ccc(-c2cc3c(cc2C)-c2ccccc2-c2ccccc2-c2ccccc2-3)[n+](C)c1. The molecule has 1 heteroatoms. The van der Waals surface area contributed by atoms with E-state index < -0.39 is 0 Å². The molecule has 0 aliphatic heterocycles. The molecular weight excluding hydrogens is 398 g/mol. The van der Waals surface area contributed by atoms with Gasteiger partial charge in [-0.3, -0.25) is 0 Å². The summed E-state index contributed by atoms with van der Waals surface area (Å²) in [6.07, 6.45) is 2.20. The van der Waals surface area contributed by atoms with E-state index in [2.05, 4.69) is 129 Å². The maximum absolute atomic E-state index is 2.40. The van der Waals surface area contributed by atoms with Gasteiger partial charge in [0.15, 0.2) is 6.20 Å². The molecule has 0 bridgehead atoms. The fraction of sp³-hybridized carbons (Fsp3) is 0.0938. The molecule has 1 aromatic heterocycles. The molecule has 0 amide bonds. The zero-order valence-corrected chi connectivity index (χ0v) is 19.3. The standard InChI is InChI=1S/C32H26N/c1-21-16-17-32(33(3)20-21)29-19-31-28-15-9-7-13-26(28)24-11-5-4-10-23(24)25-12-6-8-14-27(25)30(31)18-22(29)2/h4-20H,1-3H3/q+1. The summed E-state index contributed by atoms with van der Waals surface area (Å²) in [6, 6.07) is 35.7. The van der Waals surface area contributed by atoms with E-state index in [1.807, 2.05) is 0 Å². The van der Waals surface area contributed by atoms with Crippen molar-refractivity contribution in [2.45, 2.75) is 13.8 Å². The van der Waals surface area contributed by atoms with Crippen molar-refractivity contribution in [3.8, 4) is 55.8 Å². The van der Waals surface area contributed by atoms with Crippen LogP contribution in [0.2, 0.25) is 0 Å². The van der Waals surface area contributed by atoms with Crippen molar-refractivity contribution < 1.29 is 4.57 Å². The molecule has 33 heavy (non-hydrogen) atoms. The molecule has 0 saturated heterocycles. The van der Waals surface area contributed by atoms with E-state index in [-0.39, 0.29) is 0 Å². The zero-order valence-electron chi connectivity index (χ0n) is 19.3. The van der Waals surface area contributed by atoms with E-state index in [1.54, 1.807) is 0 Å². The normalized spacial score (nSPS) is 11.5. The van der Waals surface area contributed by atoms with Crippen molar-refractivity contribution in [3.63, 3.8) is 0 Å². The highest BCUT2D eigenvalue weighted by Gasteiger charge is 2.24. The van der Waals surface area contributed by atoms with Gasteiger partial charge in [-0.2, -0.15) is 0 Å². The van der Waals surface area contributed by atoms with Gasteiger partial charge in [-0.05, 0) is 82.1 Å². The van der Waals surface area contributed by atoms with Crippen LogP contribution in [0.25, 0.3) is 55.8 Å². The molecule has 0 spiro atoms. The summed E-state index contributed by atoms with van der Waals surface area (Å²) >= 11 is 0. The number of nitrogens with zero attached hydrogens (tertiary/aromatic N) is 1. The molecule has 1 aliphatic carbocycles. The Hall–Kier alpha value is -3.97. The predicted molar refractivity (Wildman–Crippen MR) is 138 cm³/mol. The second kappa shape index (κ2) is 7.56. The molecule has 1 aliphatic rings. The lowest BCUT2D eigenvalue weighted by Crippen LogP contribution is -2.31. The third-order valence-electron chi connectivity index (χ3n) is 6.86. The summed E-state index contributed by atoms with van der Waals surface area (Å²) in [5.41, 5.74) is 15.4. The predicted octanol–water partition coefficient (Wildman–Crippen LogP) is 7.78. The van der Waals surface area contributed by atoms with Gasteiger partial charge in [-0.1, -0.05) is 72.8 Å². The molecule has 5 aromatic rings. The molecule has 0 atom stereocenters. The third-order valence-corrected chi connectivity index (χ3v) is 6.86. The summed E-state index contributed by atoms with van der Waals surface area (Å²) < 4.78 is 2.24. The molecule has 4 aromatic carbocycles. The first-order valence-corrected chi connectivity index (χ1v) is 11.5. The Morgan fingerprint density at radius 2 is 0.879 bits per heavy atom. The Morgan fingerprint density at radius 1 is 0.455 bits per heavy atom. The second-order valence-electron chi connectivity index (χ2n) is 9.05. The van der Waals surface area contributed by atoms with Crippen LogP contribution in [-0.4, -0.2) is 0 Å². The molecule has 1 nitrogen and oxygen atoms in total. The maximum atomic E-state index is 2.40. The van der Waals surface area contributed by atoms with Crippen LogP contribution >= 0.6 is 0 Å². The Kier molecular flexibility index (Phi) is 4.52. The minimum Gasteiger partial charge on any atom is -0.201 e. The van der Waals surface area contributed by atoms with Crippen molar-refractivity contribution in [1.82, 2.24) is 0 Å². The van der Waals surface area contributed by atoms with E-state index in [0.717, 1.165) is 0 Å². The van der Waals surface area contributed by atoms with Gasteiger partial charge in [0.25, 0.3) is 0 Å². The van der Waals surface area contributed by atoms with Crippen LogP contribution < -0.4 is 4.57 Å². The van der Waals surface area contributed by atoms with Gasteiger partial charge < -0.3 is 0 Å². The summed E-state index contributed by atoms with van der Waals surface area (Å²) in [7, 11) is 2.14. The highest BCUT2D eigenvalue weighted by atomic mass is 14.9. The maximum Gasteiger partial charge on any atom is 0.212 e. The lowest BCUT2D eigenvalue weighted by molar-refractivity contribution is -0.660. The second-order valence-corrected chi connectivity index (χ2v) is 9.05. The van der Waals surface area contributed by atoms with E-state index >= 15 is 0 Å². The minimum absolute atomic E-state index is 1.23. The van der Waals surface area contributed by atoms with Gasteiger partial charge in [0.1, 0.15) is 7.05 Å². The van der Waals surface area contributed by atoms with E-state index in [4.69, 9.17) is 0 Å². The smallest absolute Gasteiger partial charge is 0.201 e. The molecular formula is C32H26N+. The van der Waals surface area contributed by atoms with Gasteiger partial charge in [0.2, 0.25) is 5.69 Å². The Bertz CT molecular complexity index is 1540. The molecule has 0 N–H and O–H groups in total. The van der Waals surface area contributed by atoms with Crippen LogP contribution in [0.15, 0.2) is 103 Å². The molecule has 0 unspecified atom stereocenters. The number of rotatable bonds is 1. The third kappa shape index (κ3) is 3.12. The number of aromatic nitrogens is 1. The van der Waals surface area contributed by atoms with Gasteiger partial charge in [0, 0.05) is 17.2 Å². The molecule has 0 saturated carbocycles. The minimum atomic E-state index is 1.23. The Morgan fingerprint density at radius 3 is 1.33 bits per heavy atom. The summed E-state index contributed by atoms with van der Waals surface area (Å²) in [4.78, 5) is 0. The summed E-state index contributed by atoms with van der Waals surface area (Å²) in [5, 5.41) is 0. The number of aryl methyl sites for hydroxylation is 3. The first-order valence-electron chi connectivity index (χ1n) is 11.5. The van der Waals surface area contributed by atoms with Crippen molar-refractivity contribution in [1.29, 1.82) is 0 Å². The Labute approximate surface area is 195 Å². The van der Waals surface area contributed by atoms with Crippen molar-refractivity contribution >= 4 is 0 Å². The first kappa shape index (κ1) is 19.7. The quantitative estimate of drug-likeness (QED) is 0.237. The molecule has 0 fully saturated rings. The average Bonchev–Trinajstić information content (AvgIpc) is 2.84. The van der Waals surface area contributed by atoms with Gasteiger partial charge in [0.05, 0.1) is 0 Å². The number of fused-ring (bicyclic) bond motifs is 8. The number of hydrogen-bond donors (Lipinski definition) is 0. The van der Waals surface area contributed by atoms with Crippen LogP contribution in [0.5, 0.6) is 0 Å².